The van der Waals surface area contributed by atoms with E-state index in [-0.39, 0.29) is 0 Å². The minimum absolute atomic E-state index is 0.949. The van der Waals surface area contributed by atoms with Crippen LogP contribution < -0.4 is 5.32 Å². The van der Waals surface area contributed by atoms with Crippen molar-refractivity contribution in [2.24, 2.45) is 0 Å². The van der Waals surface area contributed by atoms with Crippen molar-refractivity contribution in [3.05, 3.63) is 34.8 Å². The van der Waals surface area contributed by atoms with E-state index < -0.39 is 0 Å². The number of piperazine rings is 1. The monoisotopic (exact) mass is 322 g/mol. The molecule has 0 aromatic carbocycles. The molecule has 2 aromatic heterocycles. The number of aromatic nitrogens is 2. The number of rotatable bonds is 4. The summed E-state index contributed by atoms with van der Waals surface area (Å²) in [6.45, 7) is 5.76. The van der Waals surface area contributed by atoms with Crippen molar-refractivity contribution in [3.63, 3.8) is 0 Å². The molecule has 1 fully saturated rings. The van der Waals surface area contributed by atoms with E-state index in [1.54, 1.807) is 0 Å². The van der Waals surface area contributed by atoms with Crippen LogP contribution in [-0.4, -0.2) is 47.0 Å². The fourth-order valence-electron chi connectivity index (χ4n) is 2.63. The zero-order valence-corrected chi connectivity index (χ0v) is 12.6. The lowest BCUT2D eigenvalue weighted by atomic mass is 10.2. The van der Waals surface area contributed by atoms with Crippen LogP contribution in [0.5, 0.6) is 0 Å². The van der Waals surface area contributed by atoms with E-state index in [0.717, 1.165) is 35.5 Å². The van der Waals surface area contributed by atoms with E-state index in [2.05, 4.69) is 53.9 Å². The van der Waals surface area contributed by atoms with Gasteiger partial charge < -0.3 is 14.6 Å². The maximum Gasteiger partial charge on any atom is 0.132 e. The van der Waals surface area contributed by atoms with E-state index >= 15 is 0 Å². The van der Waals surface area contributed by atoms with E-state index in [1.807, 2.05) is 6.07 Å². The number of nitrogens with zero attached hydrogens (tertiary/aromatic N) is 3. The molecule has 0 unspecified atom stereocenters. The van der Waals surface area contributed by atoms with Crippen LogP contribution in [-0.2, 0) is 6.42 Å². The van der Waals surface area contributed by atoms with Crippen molar-refractivity contribution in [1.29, 1.82) is 0 Å². The molecule has 0 aliphatic carbocycles. The average Bonchev–Trinajstić information content (AvgIpc) is 2.78. The Bertz CT molecular complexity index is 545. The fraction of sp³-hybridized carbons (Fsp3) is 0.500. The Morgan fingerprint density at radius 2 is 2.11 bits per heavy atom. The molecule has 0 spiro atoms. The van der Waals surface area contributed by atoms with E-state index in [9.17, 15) is 0 Å². The summed E-state index contributed by atoms with van der Waals surface area (Å²) in [7, 11) is 0. The van der Waals surface area contributed by atoms with Crippen LogP contribution >= 0.6 is 15.9 Å². The van der Waals surface area contributed by atoms with Crippen LogP contribution in [0.3, 0.4) is 0 Å². The number of nitrogens with one attached hydrogen (secondary N) is 1. The summed E-state index contributed by atoms with van der Waals surface area (Å²) in [6.07, 6.45) is 4.29. The maximum absolute atomic E-state index is 4.62. The molecule has 0 atom stereocenters. The van der Waals surface area contributed by atoms with Gasteiger partial charge in [-0.05, 0) is 41.0 Å². The van der Waals surface area contributed by atoms with Crippen LogP contribution in [0.2, 0.25) is 0 Å². The van der Waals surface area contributed by atoms with E-state index in [4.69, 9.17) is 0 Å². The molecule has 0 bridgehead atoms. The van der Waals surface area contributed by atoms with Gasteiger partial charge in [-0.2, -0.15) is 0 Å². The minimum Gasteiger partial charge on any atom is -0.314 e. The van der Waals surface area contributed by atoms with Crippen molar-refractivity contribution in [1.82, 2.24) is 19.6 Å². The van der Waals surface area contributed by atoms with Crippen molar-refractivity contribution in [3.8, 4) is 0 Å². The topological polar surface area (TPSA) is 32.6 Å². The predicted molar refractivity (Wildman–Crippen MR) is 80.5 cm³/mol. The van der Waals surface area contributed by atoms with Gasteiger partial charge in [0.05, 0.1) is 5.52 Å². The molecule has 3 rings (SSSR count). The van der Waals surface area contributed by atoms with E-state index in [1.165, 1.54) is 26.1 Å². The van der Waals surface area contributed by atoms with Gasteiger partial charge in [-0.3, -0.25) is 0 Å². The third kappa shape index (κ3) is 2.99. The highest BCUT2D eigenvalue weighted by Gasteiger charge is 2.11. The van der Waals surface area contributed by atoms with Gasteiger partial charge in [0.25, 0.3) is 0 Å². The van der Waals surface area contributed by atoms with Gasteiger partial charge >= 0.3 is 0 Å². The predicted octanol–water partition coefficient (Wildman–Crippen LogP) is 1.93. The second kappa shape index (κ2) is 6.03. The van der Waals surface area contributed by atoms with Crippen LogP contribution in [0, 0.1) is 0 Å². The molecule has 2 aromatic rings. The molecular formula is C14H19BrN4. The molecule has 1 saturated heterocycles. The first-order chi connectivity index (χ1) is 9.34. The summed E-state index contributed by atoms with van der Waals surface area (Å²) < 4.78 is 3.13. The van der Waals surface area contributed by atoms with Crippen molar-refractivity contribution in [2.75, 3.05) is 32.7 Å². The van der Waals surface area contributed by atoms with Crippen molar-refractivity contribution >= 4 is 21.4 Å². The highest BCUT2D eigenvalue weighted by atomic mass is 79.9. The first-order valence-corrected chi connectivity index (χ1v) is 7.68. The van der Waals surface area contributed by atoms with Gasteiger partial charge in [0, 0.05) is 38.8 Å². The lowest BCUT2D eigenvalue weighted by Crippen LogP contribution is -2.43. The highest BCUT2D eigenvalue weighted by Crippen LogP contribution is 2.19. The second-order valence-electron chi connectivity index (χ2n) is 4.97. The number of aryl methyl sites for hydroxylation is 1. The molecule has 102 valence electrons. The summed E-state index contributed by atoms with van der Waals surface area (Å²) >= 11 is 3.54. The van der Waals surface area contributed by atoms with Gasteiger partial charge in [0.1, 0.15) is 10.4 Å². The number of fused-ring (bicyclic) bond motifs is 1. The van der Waals surface area contributed by atoms with Crippen LogP contribution in [0.25, 0.3) is 5.52 Å². The molecule has 0 radical (unpaired) electrons. The first kappa shape index (κ1) is 13.1. The Hall–Kier alpha value is -0.910. The molecule has 1 N–H and O–H groups in total. The second-order valence-corrected chi connectivity index (χ2v) is 5.72. The Kier molecular flexibility index (Phi) is 4.15. The Balaban J connectivity index is 1.62. The minimum atomic E-state index is 0.949. The van der Waals surface area contributed by atoms with Gasteiger partial charge in [-0.1, -0.05) is 6.07 Å². The summed E-state index contributed by atoms with van der Waals surface area (Å²) in [6, 6.07) is 6.20. The average molecular weight is 323 g/mol. The SMILES string of the molecule is Brc1nc(CCCN2CCNCC2)n2ccccc12. The normalized spacial score (nSPS) is 17.1. The summed E-state index contributed by atoms with van der Waals surface area (Å²) in [5.41, 5.74) is 1.15. The smallest absolute Gasteiger partial charge is 0.132 e. The molecule has 5 heteroatoms. The zero-order chi connectivity index (χ0) is 13.1. The standard InChI is InChI=1S/C14H19BrN4/c15-14-12-4-1-2-9-19(12)13(17-14)5-3-8-18-10-6-16-7-11-18/h1-2,4,9,16H,3,5-8,10-11H2. The third-order valence-electron chi connectivity index (χ3n) is 3.66. The third-order valence-corrected chi connectivity index (χ3v) is 4.24. The molecule has 0 amide bonds. The van der Waals surface area contributed by atoms with Crippen LogP contribution in [0.4, 0.5) is 0 Å². The summed E-state index contributed by atoms with van der Waals surface area (Å²) in [5, 5.41) is 3.39. The Morgan fingerprint density at radius 1 is 1.26 bits per heavy atom. The summed E-state index contributed by atoms with van der Waals surface area (Å²) in [4.78, 5) is 7.15. The fourth-order valence-corrected chi connectivity index (χ4v) is 3.16. The number of pyridine rings is 1. The number of imidazole rings is 1. The quantitative estimate of drug-likeness (QED) is 0.933. The lowest BCUT2D eigenvalue weighted by molar-refractivity contribution is 0.238. The zero-order valence-electron chi connectivity index (χ0n) is 11.0. The molecule has 4 nitrogen and oxygen atoms in total. The Labute approximate surface area is 121 Å². The van der Waals surface area contributed by atoms with Crippen molar-refractivity contribution in [2.45, 2.75) is 12.8 Å². The first-order valence-electron chi connectivity index (χ1n) is 6.89. The van der Waals surface area contributed by atoms with Gasteiger partial charge in [-0.25, -0.2) is 4.98 Å². The number of hydrogen-bond donors (Lipinski definition) is 1. The van der Waals surface area contributed by atoms with Crippen LogP contribution in [0.1, 0.15) is 12.2 Å². The molecular weight excluding hydrogens is 304 g/mol. The lowest BCUT2D eigenvalue weighted by Gasteiger charge is -2.26. The molecule has 1 aliphatic rings. The summed E-state index contributed by atoms with van der Waals surface area (Å²) in [5.74, 6) is 1.15. The molecule has 19 heavy (non-hydrogen) atoms. The van der Waals surface area contributed by atoms with E-state index in [0.29, 0.717) is 0 Å². The Morgan fingerprint density at radius 3 is 2.95 bits per heavy atom. The maximum atomic E-state index is 4.62. The van der Waals surface area contributed by atoms with Gasteiger partial charge in [0.2, 0.25) is 0 Å². The number of halogens is 1. The van der Waals surface area contributed by atoms with Crippen molar-refractivity contribution < 1.29 is 0 Å². The van der Waals surface area contributed by atoms with Crippen LogP contribution in [0.15, 0.2) is 29.0 Å². The molecule has 3 heterocycles. The van der Waals surface area contributed by atoms with Gasteiger partial charge in [-0.15, -0.1) is 0 Å². The number of hydrogen-bond acceptors (Lipinski definition) is 3. The highest BCUT2D eigenvalue weighted by molar-refractivity contribution is 9.10. The largest absolute Gasteiger partial charge is 0.314 e. The molecule has 1 aliphatic heterocycles. The van der Waals surface area contributed by atoms with Gasteiger partial charge in [0.15, 0.2) is 0 Å². The molecule has 0 saturated carbocycles.